The van der Waals surface area contributed by atoms with E-state index in [2.05, 4.69) is 10.6 Å². The zero-order valence-electron chi connectivity index (χ0n) is 12.4. The SMILES string of the molecule is CCCNC(=O)CN1CCCC1C(=O)N1CCNCC1. The van der Waals surface area contributed by atoms with E-state index in [9.17, 15) is 9.59 Å². The Morgan fingerprint density at radius 1 is 1.25 bits per heavy atom. The van der Waals surface area contributed by atoms with Gasteiger partial charge in [0, 0.05) is 32.7 Å². The van der Waals surface area contributed by atoms with Crippen LogP contribution in [0.1, 0.15) is 26.2 Å². The highest BCUT2D eigenvalue weighted by molar-refractivity contribution is 5.84. The van der Waals surface area contributed by atoms with E-state index in [1.54, 1.807) is 0 Å². The maximum Gasteiger partial charge on any atom is 0.240 e. The van der Waals surface area contributed by atoms with Crippen molar-refractivity contribution in [3.05, 3.63) is 0 Å². The van der Waals surface area contributed by atoms with E-state index in [4.69, 9.17) is 0 Å². The Hall–Kier alpha value is -1.14. The van der Waals surface area contributed by atoms with Crippen LogP contribution in [0.3, 0.4) is 0 Å². The topological polar surface area (TPSA) is 64.7 Å². The lowest BCUT2D eigenvalue weighted by Crippen LogP contribution is -2.53. The molecular formula is C14H26N4O2. The predicted octanol–water partition coefficient (Wildman–Crippen LogP) is -0.591. The summed E-state index contributed by atoms with van der Waals surface area (Å²) in [5.74, 6) is 0.235. The Labute approximate surface area is 120 Å². The second-order valence-electron chi connectivity index (χ2n) is 5.55. The monoisotopic (exact) mass is 282 g/mol. The number of rotatable bonds is 5. The minimum Gasteiger partial charge on any atom is -0.355 e. The van der Waals surface area contributed by atoms with Crippen molar-refractivity contribution in [1.82, 2.24) is 20.4 Å². The zero-order chi connectivity index (χ0) is 14.4. The van der Waals surface area contributed by atoms with E-state index in [1.165, 1.54) is 0 Å². The van der Waals surface area contributed by atoms with Crippen LogP contribution in [-0.4, -0.2) is 73.5 Å². The van der Waals surface area contributed by atoms with Crippen LogP contribution in [0.2, 0.25) is 0 Å². The highest BCUT2D eigenvalue weighted by atomic mass is 16.2. The van der Waals surface area contributed by atoms with E-state index < -0.39 is 0 Å². The van der Waals surface area contributed by atoms with Crippen LogP contribution >= 0.6 is 0 Å². The summed E-state index contributed by atoms with van der Waals surface area (Å²) in [4.78, 5) is 28.3. The van der Waals surface area contributed by atoms with Crippen molar-refractivity contribution in [3.63, 3.8) is 0 Å². The number of amides is 2. The van der Waals surface area contributed by atoms with Gasteiger partial charge in [-0.25, -0.2) is 0 Å². The highest BCUT2D eigenvalue weighted by Crippen LogP contribution is 2.19. The van der Waals surface area contributed by atoms with Gasteiger partial charge >= 0.3 is 0 Å². The van der Waals surface area contributed by atoms with Crippen molar-refractivity contribution < 1.29 is 9.59 Å². The molecule has 20 heavy (non-hydrogen) atoms. The van der Waals surface area contributed by atoms with E-state index in [1.807, 2.05) is 16.7 Å². The second kappa shape index (κ2) is 7.59. The maximum absolute atomic E-state index is 12.5. The Morgan fingerprint density at radius 3 is 2.70 bits per heavy atom. The van der Waals surface area contributed by atoms with Crippen LogP contribution in [0.25, 0.3) is 0 Å². The van der Waals surface area contributed by atoms with Crippen molar-refractivity contribution in [2.75, 3.05) is 45.8 Å². The molecule has 0 bridgehead atoms. The van der Waals surface area contributed by atoms with Crippen LogP contribution < -0.4 is 10.6 Å². The molecular weight excluding hydrogens is 256 g/mol. The molecule has 2 fully saturated rings. The normalized spacial score (nSPS) is 23.9. The molecule has 2 aliphatic rings. The molecule has 0 aromatic rings. The molecule has 1 atom stereocenters. The average molecular weight is 282 g/mol. The van der Waals surface area contributed by atoms with Gasteiger partial charge in [-0.3, -0.25) is 14.5 Å². The third kappa shape index (κ3) is 3.93. The van der Waals surface area contributed by atoms with E-state index in [0.29, 0.717) is 13.1 Å². The number of nitrogens with one attached hydrogen (secondary N) is 2. The van der Waals surface area contributed by atoms with Crippen LogP contribution in [0.5, 0.6) is 0 Å². The molecule has 0 spiro atoms. The molecule has 0 aromatic carbocycles. The van der Waals surface area contributed by atoms with Crippen molar-refractivity contribution >= 4 is 11.8 Å². The van der Waals surface area contributed by atoms with Crippen LogP contribution in [-0.2, 0) is 9.59 Å². The van der Waals surface area contributed by atoms with Crippen molar-refractivity contribution in [2.24, 2.45) is 0 Å². The Morgan fingerprint density at radius 2 is 2.00 bits per heavy atom. The first-order chi connectivity index (χ1) is 9.72. The number of carbonyl (C=O) groups is 2. The molecule has 2 amide bonds. The van der Waals surface area contributed by atoms with E-state index in [-0.39, 0.29) is 17.9 Å². The van der Waals surface area contributed by atoms with E-state index >= 15 is 0 Å². The first kappa shape index (κ1) is 15.3. The Kier molecular flexibility index (Phi) is 5.79. The van der Waals surface area contributed by atoms with Crippen molar-refractivity contribution in [1.29, 1.82) is 0 Å². The van der Waals surface area contributed by atoms with Gasteiger partial charge in [-0.05, 0) is 25.8 Å². The molecule has 2 rings (SSSR count). The number of likely N-dealkylation sites (tertiary alicyclic amines) is 1. The summed E-state index contributed by atoms with van der Waals surface area (Å²) in [6.45, 7) is 7.25. The van der Waals surface area contributed by atoms with E-state index in [0.717, 1.165) is 52.0 Å². The number of nitrogens with zero attached hydrogens (tertiary/aromatic N) is 2. The predicted molar refractivity (Wildman–Crippen MR) is 77.3 cm³/mol. The number of piperazine rings is 1. The molecule has 6 heteroatoms. The average Bonchev–Trinajstić information content (AvgIpc) is 2.93. The number of carbonyl (C=O) groups excluding carboxylic acids is 2. The molecule has 2 N–H and O–H groups in total. The molecule has 0 saturated carbocycles. The molecule has 6 nitrogen and oxygen atoms in total. The fourth-order valence-electron chi connectivity index (χ4n) is 2.90. The summed E-state index contributed by atoms with van der Waals surface area (Å²) in [6.07, 6.45) is 2.82. The van der Waals surface area contributed by atoms with Gasteiger partial charge in [-0.1, -0.05) is 6.92 Å². The quantitative estimate of drug-likeness (QED) is 0.707. The zero-order valence-corrected chi connectivity index (χ0v) is 12.4. The largest absolute Gasteiger partial charge is 0.355 e. The lowest BCUT2D eigenvalue weighted by atomic mass is 10.1. The smallest absolute Gasteiger partial charge is 0.240 e. The first-order valence-electron chi connectivity index (χ1n) is 7.72. The minimum atomic E-state index is -0.0968. The van der Waals surface area contributed by atoms with Crippen LogP contribution in [0, 0.1) is 0 Å². The summed E-state index contributed by atoms with van der Waals surface area (Å²) < 4.78 is 0. The first-order valence-corrected chi connectivity index (χ1v) is 7.72. The maximum atomic E-state index is 12.5. The lowest BCUT2D eigenvalue weighted by Gasteiger charge is -2.32. The fourth-order valence-corrected chi connectivity index (χ4v) is 2.90. The molecule has 0 aliphatic carbocycles. The molecule has 0 radical (unpaired) electrons. The molecule has 0 aromatic heterocycles. The standard InChI is InChI=1S/C14H26N4O2/c1-2-5-16-13(19)11-18-8-3-4-12(18)14(20)17-9-6-15-7-10-17/h12,15H,2-11H2,1H3,(H,16,19). The fraction of sp³-hybridized carbons (Fsp3) is 0.857. The molecule has 114 valence electrons. The minimum absolute atomic E-state index is 0.0341. The van der Waals surface area contributed by atoms with Gasteiger partial charge in [0.05, 0.1) is 12.6 Å². The van der Waals surface area contributed by atoms with Crippen LogP contribution in [0.4, 0.5) is 0 Å². The molecule has 1 unspecified atom stereocenters. The van der Waals surface area contributed by atoms with Crippen molar-refractivity contribution in [2.45, 2.75) is 32.2 Å². The summed E-state index contributed by atoms with van der Waals surface area (Å²) in [5, 5.41) is 6.14. The number of hydrogen-bond donors (Lipinski definition) is 2. The Balaban J connectivity index is 1.86. The summed E-state index contributed by atoms with van der Waals surface area (Å²) in [6, 6.07) is -0.0968. The summed E-state index contributed by atoms with van der Waals surface area (Å²) in [5.41, 5.74) is 0. The van der Waals surface area contributed by atoms with Gasteiger partial charge in [0.2, 0.25) is 11.8 Å². The second-order valence-corrected chi connectivity index (χ2v) is 5.55. The van der Waals surface area contributed by atoms with Gasteiger partial charge in [0.15, 0.2) is 0 Å². The van der Waals surface area contributed by atoms with Gasteiger partial charge < -0.3 is 15.5 Å². The highest BCUT2D eigenvalue weighted by Gasteiger charge is 2.34. The van der Waals surface area contributed by atoms with Crippen molar-refractivity contribution in [3.8, 4) is 0 Å². The number of hydrogen-bond acceptors (Lipinski definition) is 4. The Bertz CT molecular complexity index is 342. The molecule has 2 heterocycles. The third-order valence-corrected chi connectivity index (χ3v) is 4.00. The van der Waals surface area contributed by atoms with Gasteiger partial charge in [0.1, 0.15) is 0 Å². The third-order valence-electron chi connectivity index (χ3n) is 4.00. The molecule has 2 aliphatic heterocycles. The lowest BCUT2D eigenvalue weighted by molar-refractivity contribution is -0.137. The molecule has 2 saturated heterocycles. The summed E-state index contributed by atoms with van der Waals surface area (Å²) >= 11 is 0. The summed E-state index contributed by atoms with van der Waals surface area (Å²) in [7, 11) is 0. The van der Waals surface area contributed by atoms with Gasteiger partial charge in [-0.15, -0.1) is 0 Å². The van der Waals surface area contributed by atoms with Gasteiger partial charge in [-0.2, -0.15) is 0 Å². The van der Waals surface area contributed by atoms with Crippen LogP contribution in [0.15, 0.2) is 0 Å². The van der Waals surface area contributed by atoms with Gasteiger partial charge in [0.25, 0.3) is 0 Å².